The molecule has 23 heavy (non-hydrogen) atoms. The lowest BCUT2D eigenvalue weighted by molar-refractivity contribution is 0.0464. The maximum atomic E-state index is 13.7. The van der Waals surface area contributed by atoms with Gasteiger partial charge in [0.1, 0.15) is 12.4 Å². The van der Waals surface area contributed by atoms with Gasteiger partial charge in [0.05, 0.1) is 21.2 Å². The maximum absolute atomic E-state index is 13.7. The molecule has 0 heterocycles. The Labute approximate surface area is 138 Å². The van der Waals surface area contributed by atoms with Crippen LogP contribution in [0, 0.1) is 5.82 Å². The predicted octanol–water partition coefficient (Wildman–Crippen LogP) is 3.63. The highest BCUT2D eigenvalue weighted by Gasteiger charge is 2.22. The zero-order valence-corrected chi connectivity index (χ0v) is 13.8. The molecule has 0 aliphatic rings. The van der Waals surface area contributed by atoms with E-state index >= 15 is 0 Å². The molecule has 122 valence electrons. The molecule has 2 rings (SSSR count). The quantitative estimate of drug-likeness (QED) is 0.767. The largest absolute Gasteiger partial charge is 0.457 e. The van der Waals surface area contributed by atoms with Crippen molar-refractivity contribution in [2.45, 2.75) is 18.4 Å². The lowest BCUT2D eigenvalue weighted by atomic mass is 10.2. The van der Waals surface area contributed by atoms with Crippen molar-refractivity contribution in [2.24, 2.45) is 0 Å². The second-order valence-electron chi connectivity index (χ2n) is 4.68. The van der Waals surface area contributed by atoms with Crippen molar-refractivity contribution < 1.29 is 22.3 Å². The monoisotopic (exact) mass is 356 g/mol. The summed E-state index contributed by atoms with van der Waals surface area (Å²) in [5.74, 6) is -1.59. The van der Waals surface area contributed by atoms with E-state index in [1.54, 1.807) is 0 Å². The smallest absolute Gasteiger partial charge is 0.339 e. The van der Waals surface area contributed by atoms with Crippen molar-refractivity contribution in [3.8, 4) is 0 Å². The summed E-state index contributed by atoms with van der Waals surface area (Å²) in [4.78, 5) is 12.1. The van der Waals surface area contributed by atoms with E-state index in [0.717, 1.165) is 0 Å². The summed E-state index contributed by atoms with van der Waals surface area (Å²) >= 11 is 5.86. The number of hydrogen-bond acceptors (Lipinski definition) is 4. The van der Waals surface area contributed by atoms with Crippen LogP contribution < -0.4 is 0 Å². The van der Waals surface area contributed by atoms with Crippen LogP contribution in [0.2, 0.25) is 5.02 Å². The third kappa shape index (κ3) is 3.89. The molecule has 0 aliphatic carbocycles. The summed E-state index contributed by atoms with van der Waals surface area (Å²) in [6.07, 6.45) is 0. The van der Waals surface area contributed by atoms with Gasteiger partial charge in [-0.1, -0.05) is 36.7 Å². The topological polar surface area (TPSA) is 60.4 Å². The number of rotatable bonds is 5. The molecule has 0 aromatic heterocycles. The lowest BCUT2D eigenvalue weighted by Crippen LogP contribution is -2.13. The number of ether oxygens (including phenoxy) is 1. The van der Waals surface area contributed by atoms with Gasteiger partial charge in [-0.25, -0.2) is 17.6 Å². The van der Waals surface area contributed by atoms with Crippen LogP contribution in [0.5, 0.6) is 0 Å². The van der Waals surface area contributed by atoms with Gasteiger partial charge in [-0.3, -0.25) is 0 Å². The van der Waals surface area contributed by atoms with Gasteiger partial charge in [-0.15, -0.1) is 0 Å². The fraction of sp³-hybridized carbons (Fsp3) is 0.188. The number of halogens is 2. The molecule has 0 radical (unpaired) electrons. The van der Waals surface area contributed by atoms with Gasteiger partial charge >= 0.3 is 5.97 Å². The minimum absolute atomic E-state index is 0.0401. The van der Waals surface area contributed by atoms with Crippen LogP contribution in [0.25, 0.3) is 0 Å². The van der Waals surface area contributed by atoms with E-state index in [9.17, 15) is 17.6 Å². The molecule has 0 N–H and O–H groups in total. The van der Waals surface area contributed by atoms with Crippen molar-refractivity contribution in [1.29, 1.82) is 0 Å². The summed E-state index contributed by atoms with van der Waals surface area (Å²) in [5.41, 5.74) is -0.0415. The molecule has 0 bridgehead atoms. The highest BCUT2D eigenvalue weighted by Crippen LogP contribution is 2.22. The summed E-state index contributed by atoms with van der Waals surface area (Å²) < 4.78 is 42.7. The molecule has 2 aromatic rings. The molecule has 0 amide bonds. The Morgan fingerprint density at radius 3 is 2.52 bits per heavy atom. The third-order valence-electron chi connectivity index (χ3n) is 3.23. The molecule has 4 nitrogen and oxygen atoms in total. The number of benzene rings is 2. The van der Waals surface area contributed by atoms with E-state index in [-0.39, 0.29) is 33.4 Å². The van der Waals surface area contributed by atoms with Crippen LogP contribution in [0.1, 0.15) is 22.8 Å². The molecule has 0 atom stereocenters. The first-order valence-corrected chi connectivity index (χ1v) is 8.81. The van der Waals surface area contributed by atoms with Crippen LogP contribution in [0.15, 0.2) is 47.4 Å². The highest BCUT2D eigenvalue weighted by atomic mass is 35.5. The number of carbonyl (C=O) groups is 1. The van der Waals surface area contributed by atoms with Crippen molar-refractivity contribution in [3.63, 3.8) is 0 Å². The Bertz CT molecular complexity index is 813. The van der Waals surface area contributed by atoms with Crippen LogP contribution >= 0.6 is 11.6 Å². The van der Waals surface area contributed by atoms with Gasteiger partial charge < -0.3 is 4.74 Å². The van der Waals surface area contributed by atoms with Crippen molar-refractivity contribution in [2.75, 3.05) is 5.75 Å². The molecule has 7 heteroatoms. The first-order chi connectivity index (χ1) is 10.9. The molecular formula is C16H14ClFO4S. The SMILES string of the molecule is CCS(=O)(=O)c1ccccc1C(=O)OCc1c(F)cccc1Cl. The van der Waals surface area contributed by atoms with Crippen molar-refractivity contribution >= 4 is 27.4 Å². The van der Waals surface area contributed by atoms with Crippen LogP contribution in [0.4, 0.5) is 4.39 Å². The third-order valence-corrected chi connectivity index (χ3v) is 5.37. The van der Waals surface area contributed by atoms with Crippen LogP contribution in [-0.2, 0) is 21.2 Å². The van der Waals surface area contributed by atoms with Gasteiger partial charge in [-0.2, -0.15) is 0 Å². The molecule has 2 aromatic carbocycles. The second kappa shape index (κ2) is 7.10. The lowest BCUT2D eigenvalue weighted by Gasteiger charge is -2.10. The fourth-order valence-corrected chi connectivity index (χ4v) is 3.25. The Morgan fingerprint density at radius 2 is 1.87 bits per heavy atom. The molecule has 0 saturated heterocycles. The minimum Gasteiger partial charge on any atom is -0.457 e. The Morgan fingerprint density at radius 1 is 1.17 bits per heavy atom. The standard InChI is InChI=1S/C16H14ClFO4S/c1-2-23(20,21)15-9-4-3-6-11(15)16(19)22-10-12-13(17)7-5-8-14(12)18/h3-9H,2,10H2,1H3. The van der Waals surface area contributed by atoms with Gasteiger partial charge in [-0.05, 0) is 24.3 Å². The number of carbonyl (C=O) groups excluding carboxylic acids is 1. The Balaban J connectivity index is 2.26. The predicted molar refractivity (Wildman–Crippen MR) is 84.7 cm³/mol. The van der Waals surface area contributed by atoms with Crippen molar-refractivity contribution in [1.82, 2.24) is 0 Å². The van der Waals surface area contributed by atoms with Gasteiger partial charge in [0.25, 0.3) is 0 Å². The Kier molecular flexibility index (Phi) is 5.38. The number of hydrogen-bond donors (Lipinski definition) is 0. The Hall–Kier alpha value is -1.92. The molecule has 0 saturated carbocycles. The fourth-order valence-electron chi connectivity index (χ4n) is 1.95. The van der Waals surface area contributed by atoms with E-state index in [1.807, 2.05) is 0 Å². The molecule has 0 aliphatic heterocycles. The van der Waals surface area contributed by atoms with E-state index < -0.39 is 21.6 Å². The molecule has 0 unspecified atom stereocenters. The normalized spacial score (nSPS) is 11.3. The summed E-state index contributed by atoms with van der Waals surface area (Å²) in [7, 11) is -3.57. The van der Waals surface area contributed by atoms with E-state index in [1.165, 1.54) is 49.4 Å². The summed E-state index contributed by atoms with van der Waals surface area (Å²) in [5, 5.41) is 0.132. The average Bonchev–Trinajstić information content (AvgIpc) is 2.54. The zero-order chi connectivity index (χ0) is 17.0. The zero-order valence-electron chi connectivity index (χ0n) is 12.3. The second-order valence-corrected chi connectivity index (χ2v) is 7.33. The van der Waals surface area contributed by atoms with E-state index in [4.69, 9.17) is 16.3 Å². The molecular weight excluding hydrogens is 343 g/mol. The molecule has 0 fully saturated rings. The first-order valence-electron chi connectivity index (χ1n) is 6.78. The maximum Gasteiger partial charge on any atom is 0.339 e. The summed E-state index contributed by atoms with van der Waals surface area (Å²) in [6.45, 7) is 1.10. The van der Waals surface area contributed by atoms with Gasteiger partial charge in [0, 0.05) is 5.56 Å². The molecule has 0 spiro atoms. The van der Waals surface area contributed by atoms with Crippen molar-refractivity contribution in [3.05, 3.63) is 64.4 Å². The van der Waals surface area contributed by atoms with E-state index in [0.29, 0.717) is 0 Å². The highest BCUT2D eigenvalue weighted by molar-refractivity contribution is 7.91. The van der Waals surface area contributed by atoms with Crippen LogP contribution in [0.3, 0.4) is 0 Å². The summed E-state index contributed by atoms with van der Waals surface area (Å²) in [6, 6.07) is 9.85. The minimum atomic E-state index is -3.57. The van der Waals surface area contributed by atoms with Crippen LogP contribution in [-0.4, -0.2) is 20.1 Å². The van der Waals surface area contributed by atoms with Gasteiger partial charge in [0.15, 0.2) is 9.84 Å². The number of sulfone groups is 1. The number of esters is 1. The average molecular weight is 357 g/mol. The van der Waals surface area contributed by atoms with Gasteiger partial charge in [0.2, 0.25) is 0 Å². The first kappa shape index (κ1) is 17.4. The van der Waals surface area contributed by atoms with E-state index in [2.05, 4.69) is 0 Å².